The number of aliphatic hydroxyl groups is 5. The molecular formula is C25H51NO6. The molecule has 0 amide bonds. The lowest BCUT2D eigenvalue weighted by molar-refractivity contribution is -0.335. The Kier molecular flexibility index (Phi) is 15.2. The van der Waals surface area contributed by atoms with Crippen LogP contribution in [0.15, 0.2) is 0 Å². The maximum atomic E-state index is 10.6. The molecule has 1 aliphatic rings. The summed E-state index contributed by atoms with van der Waals surface area (Å²) in [5.74, 6) is -1.81. The van der Waals surface area contributed by atoms with Crippen molar-refractivity contribution < 1.29 is 30.3 Å². The van der Waals surface area contributed by atoms with Gasteiger partial charge in [0.1, 0.15) is 18.3 Å². The lowest BCUT2D eigenvalue weighted by Crippen LogP contribution is -2.76. The van der Waals surface area contributed by atoms with Gasteiger partial charge in [-0.1, -0.05) is 96.3 Å². The first-order chi connectivity index (χ1) is 15.3. The van der Waals surface area contributed by atoms with Crippen LogP contribution in [-0.2, 0) is 4.74 Å². The van der Waals surface area contributed by atoms with Gasteiger partial charge in [-0.3, -0.25) is 0 Å². The van der Waals surface area contributed by atoms with Crippen LogP contribution in [-0.4, -0.2) is 68.4 Å². The summed E-state index contributed by atoms with van der Waals surface area (Å²) in [6.07, 6.45) is 15.8. The molecule has 0 aromatic rings. The Balaban J connectivity index is 2.00. The Labute approximate surface area is 195 Å². The minimum atomic E-state index is -1.81. The largest absolute Gasteiger partial charge is 0.396 e. The second kappa shape index (κ2) is 16.4. The normalized spacial score (nSPS) is 30.7. The SMILES string of the molecule is CC1(O)O[C@H](CO)[C@@H](O)[C@H](O)[C@]1(N)CCCCCCCCCCCCCCCCCCO. The van der Waals surface area contributed by atoms with E-state index in [0.29, 0.717) is 13.0 Å². The van der Waals surface area contributed by atoms with E-state index in [2.05, 4.69) is 0 Å². The lowest BCUT2D eigenvalue weighted by Gasteiger charge is -2.53. The average molecular weight is 462 g/mol. The van der Waals surface area contributed by atoms with Gasteiger partial charge in [0.15, 0.2) is 5.79 Å². The number of nitrogens with two attached hydrogens (primary N) is 1. The second-order valence-electron chi connectivity index (χ2n) is 9.93. The van der Waals surface area contributed by atoms with Crippen molar-refractivity contribution in [2.24, 2.45) is 5.73 Å². The van der Waals surface area contributed by atoms with Crippen molar-refractivity contribution in [1.29, 1.82) is 0 Å². The molecule has 1 aliphatic heterocycles. The third kappa shape index (κ3) is 9.92. The zero-order valence-corrected chi connectivity index (χ0v) is 20.4. The molecule has 5 atom stereocenters. The molecular weight excluding hydrogens is 410 g/mol. The van der Waals surface area contributed by atoms with Gasteiger partial charge in [-0.05, 0) is 19.8 Å². The number of unbranched alkanes of at least 4 members (excludes halogenated alkanes) is 15. The molecule has 1 unspecified atom stereocenters. The summed E-state index contributed by atoms with van der Waals surface area (Å²) >= 11 is 0. The van der Waals surface area contributed by atoms with Crippen molar-refractivity contribution >= 4 is 0 Å². The molecule has 32 heavy (non-hydrogen) atoms. The van der Waals surface area contributed by atoms with Gasteiger partial charge < -0.3 is 36.0 Å². The van der Waals surface area contributed by atoms with Gasteiger partial charge in [0.25, 0.3) is 0 Å². The maximum absolute atomic E-state index is 10.6. The molecule has 1 fully saturated rings. The van der Waals surface area contributed by atoms with Gasteiger partial charge in [-0.25, -0.2) is 0 Å². The van der Waals surface area contributed by atoms with Crippen LogP contribution < -0.4 is 5.73 Å². The van der Waals surface area contributed by atoms with Crippen LogP contribution in [0.25, 0.3) is 0 Å². The van der Waals surface area contributed by atoms with Crippen LogP contribution in [0, 0.1) is 0 Å². The van der Waals surface area contributed by atoms with Crippen molar-refractivity contribution in [3.63, 3.8) is 0 Å². The van der Waals surface area contributed by atoms with Gasteiger partial charge in [0, 0.05) is 6.61 Å². The van der Waals surface area contributed by atoms with Crippen molar-refractivity contribution in [3.05, 3.63) is 0 Å². The Bertz CT molecular complexity index is 464. The quantitative estimate of drug-likeness (QED) is 0.163. The second-order valence-corrected chi connectivity index (χ2v) is 9.93. The van der Waals surface area contributed by atoms with Gasteiger partial charge in [-0.15, -0.1) is 0 Å². The van der Waals surface area contributed by atoms with E-state index < -0.39 is 36.2 Å². The molecule has 0 aromatic heterocycles. The average Bonchev–Trinajstić information content (AvgIpc) is 2.77. The van der Waals surface area contributed by atoms with Crippen LogP contribution in [0.4, 0.5) is 0 Å². The van der Waals surface area contributed by atoms with E-state index in [0.717, 1.165) is 32.1 Å². The summed E-state index contributed by atoms with van der Waals surface area (Å²) < 4.78 is 5.37. The summed E-state index contributed by atoms with van der Waals surface area (Å²) in [6.45, 7) is 1.23. The van der Waals surface area contributed by atoms with Crippen LogP contribution in [0.3, 0.4) is 0 Å². The molecule has 0 bridgehead atoms. The fraction of sp³-hybridized carbons (Fsp3) is 1.00. The van der Waals surface area contributed by atoms with E-state index in [-0.39, 0.29) is 0 Å². The maximum Gasteiger partial charge on any atom is 0.184 e. The number of hydrogen-bond donors (Lipinski definition) is 6. The summed E-state index contributed by atoms with van der Waals surface area (Å²) in [4.78, 5) is 0. The number of hydrogen-bond acceptors (Lipinski definition) is 7. The number of aliphatic hydroxyl groups excluding tert-OH is 4. The molecule has 0 spiro atoms. The van der Waals surface area contributed by atoms with Crippen LogP contribution in [0.5, 0.6) is 0 Å². The highest BCUT2D eigenvalue weighted by Crippen LogP contribution is 2.38. The molecule has 1 saturated heterocycles. The molecule has 0 aliphatic carbocycles. The first kappa shape index (κ1) is 29.8. The Morgan fingerprint density at radius 3 is 1.44 bits per heavy atom. The summed E-state index contributed by atoms with van der Waals surface area (Å²) in [6, 6.07) is 0. The summed E-state index contributed by atoms with van der Waals surface area (Å²) in [5.41, 5.74) is 4.82. The monoisotopic (exact) mass is 461 g/mol. The fourth-order valence-corrected chi connectivity index (χ4v) is 4.79. The predicted octanol–water partition coefficient (Wildman–Crippen LogP) is 3.13. The van der Waals surface area contributed by atoms with E-state index in [1.807, 2.05) is 0 Å². The van der Waals surface area contributed by atoms with E-state index in [9.17, 15) is 20.4 Å². The van der Waals surface area contributed by atoms with Gasteiger partial charge >= 0.3 is 0 Å². The van der Waals surface area contributed by atoms with Crippen molar-refractivity contribution in [1.82, 2.24) is 0 Å². The summed E-state index contributed by atoms with van der Waals surface area (Å²) in [7, 11) is 0. The van der Waals surface area contributed by atoms with Crippen molar-refractivity contribution in [2.75, 3.05) is 13.2 Å². The zero-order chi connectivity index (χ0) is 23.9. The van der Waals surface area contributed by atoms with Crippen molar-refractivity contribution in [2.45, 2.75) is 146 Å². The number of ether oxygens (including phenoxy) is 1. The van der Waals surface area contributed by atoms with E-state index in [1.54, 1.807) is 0 Å². The molecule has 192 valence electrons. The van der Waals surface area contributed by atoms with E-state index >= 15 is 0 Å². The number of rotatable bonds is 19. The van der Waals surface area contributed by atoms with Gasteiger partial charge in [-0.2, -0.15) is 0 Å². The fourth-order valence-electron chi connectivity index (χ4n) is 4.79. The van der Waals surface area contributed by atoms with Gasteiger partial charge in [0.05, 0.1) is 12.1 Å². The standard InChI is InChI=1S/C25H51NO6/c1-24(31)25(26,23(30)22(29)21(20-28)32-24)18-16-14-12-10-8-6-4-2-3-5-7-9-11-13-15-17-19-27/h21-23,27-31H,2-20,26H2,1H3/t21-,22-,23+,24?,25-/m1/s1. The molecule has 1 heterocycles. The first-order valence-electron chi connectivity index (χ1n) is 13.1. The van der Waals surface area contributed by atoms with Crippen LogP contribution >= 0.6 is 0 Å². The van der Waals surface area contributed by atoms with E-state index in [1.165, 1.54) is 77.6 Å². The van der Waals surface area contributed by atoms with Crippen LogP contribution in [0.2, 0.25) is 0 Å². The van der Waals surface area contributed by atoms with Crippen LogP contribution in [0.1, 0.15) is 116 Å². The topological polar surface area (TPSA) is 136 Å². The molecule has 0 saturated carbocycles. The molecule has 0 aromatic carbocycles. The Morgan fingerprint density at radius 1 is 0.688 bits per heavy atom. The Hall–Kier alpha value is -0.280. The molecule has 1 rings (SSSR count). The zero-order valence-electron chi connectivity index (χ0n) is 20.4. The predicted molar refractivity (Wildman–Crippen MR) is 127 cm³/mol. The van der Waals surface area contributed by atoms with Crippen molar-refractivity contribution in [3.8, 4) is 0 Å². The molecule has 7 nitrogen and oxygen atoms in total. The first-order valence-corrected chi connectivity index (χ1v) is 13.1. The van der Waals surface area contributed by atoms with E-state index in [4.69, 9.17) is 15.6 Å². The lowest BCUT2D eigenvalue weighted by atomic mass is 9.75. The third-order valence-electron chi connectivity index (χ3n) is 7.16. The molecule has 0 radical (unpaired) electrons. The van der Waals surface area contributed by atoms with Gasteiger partial charge in [0.2, 0.25) is 0 Å². The highest BCUT2D eigenvalue weighted by Gasteiger charge is 2.58. The molecule has 7 N–H and O–H groups in total. The minimum Gasteiger partial charge on any atom is -0.396 e. The summed E-state index contributed by atoms with van der Waals surface area (Å²) in [5, 5.41) is 49.1. The smallest absolute Gasteiger partial charge is 0.184 e. The molecule has 7 heteroatoms. The highest BCUT2D eigenvalue weighted by molar-refractivity contribution is 5.08. The third-order valence-corrected chi connectivity index (χ3v) is 7.16. The highest BCUT2D eigenvalue weighted by atomic mass is 16.6. The Morgan fingerprint density at radius 2 is 1.06 bits per heavy atom. The minimum absolute atomic E-state index is 0.328.